The molecule has 1 heterocycles. The molecule has 0 saturated heterocycles. The predicted molar refractivity (Wildman–Crippen MR) is 134 cm³/mol. The van der Waals surface area contributed by atoms with Crippen LogP contribution in [0.1, 0.15) is 34.1 Å². The molecule has 2 N–H and O–H groups in total. The van der Waals surface area contributed by atoms with E-state index in [2.05, 4.69) is 15.3 Å². The van der Waals surface area contributed by atoms with E-state index in [0.29, 0.717) is 16.9 Å². The van der Waals surface area contributed by atoms with Crippen molar-refractivity contribution >= 4 is 34.6 Å². The lowest BCUT2D eigenvalue weighted by Crippen LogP contribution is -2.32. The highest BCUT2D eigenvalue weighted by atomic mass is 16.5. The zero-order valence-electron chi connectivity index (χ0n) is 20.0. The molecule has 4 rings (SSSR count). The molecule has 0 fully saturated rings. The van der Waals surface area contributed by atoms with Gasteiger partial charge in [-0.1, -0.05) is 19.1 Å². The highest BCUT2D eigenvalue weighted by molar-refractivity contribution is 6.03. The van der Waals surface area contributed by atoms with Crippen molar-refractivity contribution in [1.29, 1.82) is 0 Å². The van der Waals surface area contributed by atoms with E-state index in [4.69, 9.17) is 14.2 Å². The van der Waals surface area contributed by atoms with Crippen LogP contribution in [-0.2, 0) is 14.3 Å². The van der Waals surface area contributed by atoms with Crippen LogP contribution in [0.25, 0.3) is 22.4 Å². The number of aromatic amines is 1. The van der Waals surface area contributed by atoms with E-state index < -0.39 is 23.9 Å². The number of carbonyl (C=O) groups is 3. The van der Waals surface area contributed by atoms with Gasteiger partial charge in [0.2, 0.25) is 0 Å². The van der Waals surface area contributed by atoms with Gasteiger partial charge in [0.05, 0.1) is 42.1 Å². The summed E-state index contributed by atoms with van der Waals surface area (Å²) in [6.07, 6.45) is -0.818. The van der Waals surface area contributed by atoms with Crippen molar-refractivity contribution in [3.63, 3.8) is 0 Å². The van der Waals surface area contributed by atoms with E-state index in [1.807, 2.05) is 24.3 Å². The Bertz CT molecular complexity index is 1410. The molecule has 9 nitrogen and oxygen atoms in total. The summed E-state index contributed by atoms with van der Waals surface area (Å²) in [6.45, 7) is 1.73. The summed E-state index contributed by atoms with van der Waals surface area (Å²) >= 11 is 0. The van der Waals surface area contributed by atoms with Gasteiger partial charge in [0.15, 0.2) is 6.10 Å². The first-order valence-corrected chi connectivity index (χ1v) is 11.3. The Kier molecular flexibility index (Phi) is 7.29. The van der Waals surface area contributed by atoms with Crippen molar-refractivity contribution in [2.24, 2.45) is 0 Å². The van der Waals surface area contributed by atoms with E-state index in [-0.39, 0.29) is 23.2 Å². The maximum absolute atomic E-state index is 12.9. The summed E-state index contributed by atoms with van der Waals surface area (Å²) in [5.41, 5.74) is 2.95. The van der Waals surface area contributed by atoms with E-state index >= 15 is 0 Å². The largest absolute Gasteiger partial charge is 0.497 e. The molecule has 3 aromatic carbocycles. The van der Waals surface area contributed by atoms with Gasteiger partial charge in [-0.05, 0) is 61.0 Å². The van der Waals surface area contributed by atoms with Gasteiger partial charge in [0.1, 0.15) is 11.6 Å². The van der Waals surface area contributed by atoms with Gasteiger partial charge in [0.25, 0.3) is 5.91 Å². The van der Waals surface area contributed by atoms with Crippen molar-refractivity contribution in [1.82, 2.24) is 9.97 Å². The van der Waals surface area contributed by atoms with Gasteiger partial charge in [0, 0.05) is 5.56 Å². The number of nitrogens with one attached hydrogen (secondary N) is 2. The number of benzene rings is 3. The lowest BCUT2D eigenvalue weighted by molar-refractivity contribution is -0.124. The zero-order valence-corrected chi connectivity index (χ0v) is 20.0. The minimum absolute atomic E-state index is 0.201. The molecule has 0 radical (unpaired) electrons. The summed E-state index contributed by atoms with van der Waals surface area (Å²) in [7, 11) is 2.86. The molecule has 0 spiro atoms. The van der Waals surface area contributed by atoms with E-state index in [0.717, 1.165) is 11.3 Å². The van der Waals surface area contributed by atoms with Crippen LogP contribution in [0.5, 0.6) is 5.75 Å². The Morgan fingerprint density at radius 3 is 2.42 bits per heavy atom. The van der Waals surface area contributed by atoms with E-state index in [9.17, 15) is 14.4 Å². The summed E-state index contributed by atoms with van der Waals surface area (Å²) in [5.74, 6) is -0.401. The number of methoxy groups -OCH3 is 2. The molecule has 0 aliphatic carbocycles. The number of esters is 2. The minimum atomic E-state index is -1.06. The number of hydrogen-bond donors (Lipinski definition) is 2. The van der Waals surface area contributed by atoms with Gasteiger partial charge < -0.3 is 24.5 Å². The summed E-state index contributed by atoms with van der Waals surface area (Å²) < 4.78 is 15.4. The summed E-state index contributed by atoms with van der Waals surface area (Å²) in [4.78, 5) is 45.4. The molecule has 0 aliphatic rings. The first-order chi connectivity index (χ1) is 17.4. The van der Waals surface area contributed by atoms with Crippen LogP contribution < -0.4 is 10.1 Å². The molecular weight excluding hydrogens is 462 g/mol. The standard InChI is InChI=1S/C27H25N3O6/c1-4-23(25(31)30-20-8-6-5-7-19(20)27(33)35-3)36-26(32)17-11-14-21-22(15-17)29-24(28-21)16-9-12-18(34-2)13-10-16/h5-15,23H,4H2,1-3H3,(H,28,29)(H,30,31). The molecule has 1 aromatic heterocycles. The Balaban J connectivity index is 1.49. The first-order valence-electron chi connectivity index (χ1n) is 11.3. The van der Waals surface area contributed by atoms with Crippen molar-refractivity contribution in [3.8, 4) is 17.1 Å². The average molecular weight is 488 g/mol. The van der Waals surface area contributed by atoms with Crippen molar-refractivity contribution in [3.05, 3.63) is 77.9 Å². The Labute approximate surface area is 207 Å². The zero-order chi connectivity index (χ0) is 25.7. The Hall–Kier alpha value is -4.66. The third-order valence-corrected chi connectivity index (χ3v) is 5.58. The number of rotatable bonds is 8. The minimum Gasteiger partial charge on any atom is -0.497 e. The van der Waals surface area contributed by atoms with Gasteiger partial charge in [-0.15, -0.1) is 0 Å². The number of H-pyrrole nitrogens is 1. The molecule has 36 heavy (non-hydrogen) atoms. The number of anilines is 1. The molecule has 0 saturated carbocycles. The molecule has 1 atom stereocenters. The number of carbonyl (C=O) groups excluding carboxylic acids is 3. The normalized spacial score (nSPS) is 11.5. The molecular formula is C27H25N3O6. The van der Waals surface area contributed by atoms with Crippen LogP contribution in [0.3, 0.4) is 0 Å². The van der Waals surface area contributed by atoms with Crippen LogP contribution in [0.15, 0.2) is 66.7 Å². The van der Waals surface area contributed by atoms with Gasteiger partial charge in [-0.3, -0.25) is 4.79 Å². The van der Waals surface area contributed by atoms with Crippen LogP contribution in [0, 0.1) is 0 Å². The van der Waals surface area contributed by atoms with Crippen LogP contribution in [-0.4, -0.2) is 48.1 Å². The molecule has 1 unspecified atom stereocenters. The maximum atomic E-state index is 12.9. The number of para-hydroxylation sites is 1. The molecule has 184 valence electrons. The summed E-state index contributed by atoms with van der Waals surface area (Å²) in [5, 5.41) is 2.65. The smallest absolute Gasteiger partial charge is 0.339 e. The van der Waals surface area contributed by atoms with Crippen LogP contribution in [0.4, 0.5) is 5.69 Å². The fraction of sp³-hybridized carbons (Fsp3) is 0.185. The second kappa shape index (κ2) is 10.7. The van der Waals surface area contributed by atoms with Gasteiger partial charge in [-0.2, -0.15) is 0 Å². The quantitative estimate of drug-likeness (QED) is 0.349. The third kappa shape index (κ3) is 5.20. The topological polar surface area (TPSA) is 120 Å². The van der Waals surface area contributed by atoms with Gasteiger partial charge in [-0.25, -0.2) is 14.6 Å². The number of hydrogen-bond acceptors (Lipinski definition) is 7. The number of imidazole rings is 1. The maximum Gasteiger partial charge on any atom is 0.339 e. The van der Waals surface area contributed by atoms with Crippen LogP contribution >= 0.6 is 0 Å². The van der Waals surface area contributed by atoms with E-state index in [1.165, 1.54) is 13.2 Å². The fourth-order valence-corrected chi connectivity index (χ4v) is 3.63. The molecule has 9 heteroatoms. The second-order valence-electron chi connectivity index (χ2n) is 7.87. The lowest BCUT2D eigenvalue weighted by atomic mass is 10.1. The molecule has 0 bridgehead atoms. The Morgan fingerprint density at radius 1 is 0.972 bits per heavy atom. The third-order valence-electron chi connectivity index (χ3n) is 5.58. The van der Waals surface area contributed by atoms with Crippen molar-refractivity contribution in [2.75, 3.05) is 19.5 Å². The highest BCUT2D eigenvalue weighted by Gasteiger charge is 2.24. The first kappa shape index (κ1) is 24.5. The monoisotopic (exact) mass is 487 g/mol. The SMILES string of the molecule is CCC(OC(=O)c1ccc2nc(-c3ccc(OC)cc3)[nH]c2c1)C(=O)Nc1ccccc1C(=O)OC. The molecule has 0 aliphatic heterocycles. The van der Waals surface area contributed by atoms with Crippen molar-refractivity contribution < 1.29 is 28.6 Å². The average Bonchev–Trinajstić information content (AvgIpc) is 3.35. The van der Waals surface area contributed by atoms with Crippen molar-refractivity contribution in [2.45, 2.75) is 19.4 Å². The van der Waals surface area contributed by atoms with Crippen LogP contribution in [0.2, 0.25) is 0 Å². The fourth-order valence-electron chi connectivity index (χ4n) is 3.63. The van der Waals surface area contributed by atoms with E-state index in [1.54, 1.807) is 50.4 Å². The Morgan fingerprint density at radius 2 is 1.72 bits per heavy atom. The number of fused-ring (bicyclic) bond motifs is 1. The number of aromatic nitrogens is 2. The highest BCUT2D eigenvalue weighted by Crippen LogP contribution is 2.24. The predicted octanol–water partition coefficient (Wildman–Crippen LogP) is 4.60. The second-order valence-corrected chi connectivity index (χ2v) is 7.87. The number of ether oxygens (including phenoxy) is 3. The molecule has 1 amide bonds. The van der Waals surface area contributed by atoms with Gasteiger partial charge >= 0.3 is 11.9 Å². The summed E-state index contributed by atoms with van der Waals surface area (Å²) in [6, 6.07) is 18.8. The molecule has 4 aromatic rings. The lowest BCUT2D eigenvalue weighted by Gasteiger charge is -2.17. The number of nitrogens with zero attached hydrogens (tertiary/aromatic N) is 1. The number of amides is 1.